The van der Waals surface area contributed by atoms with E-state index in [1.54, 1.807) is 6.92 Å². The summed E-state index contributed by atoms with van der Waals surface area (Å²) in [4.78, 5) is 24.5. The molecule has 6 nitrogen and oxygen atoms in total. The van der Waals surface area contributed by atoms with E-state index in [1.165, 1.54) is 0 Å². The van der Waals surface area contributed by atoms with Gasteiger partial charge in [-0.2, -0.15) is 21.6 Å². The molecule has 0 fully saturated rings. The highest BCUT2D eigenvalue weighted by Crippen LogP contribution is 2.30. The Labute approximate surface area is 117 Å². The van der Waals surface area contributed by atoms with Gasteiger partial charge in [0, 0.05) is 6.54 Å². The van der Waals surface area contributed by atoms with Gasteiger partial charge in [-0.1, -0.05) is 0 Å². The monoisotopic (exact) mass is 323 g/mol. The zero-order chi connectivity index (χ0) is 16.0. The van der Waals surface area contributed by atoms with E-state index in [4.69, 9.17) is 0 Å². The van der Waals surface area contributed by atoms with Crippen LogP contribution in [0.15, 0.2) is 18.2 Å². The topological polar surface area (TPSA) is 80.8 Å². The lowest BCUT2D eigenvalue weighted by Crippen LogP contribution is -2.29. The summed E-state index contributed by atoms with van der Waals surface area (Å²) in [7, 11) is -5.83. The van der Waals surface area contributed by atoms with Gasteiger partial charge in [-0.05, 0) is 25.1 Å². The van der Waals surface area contributed by atoms with Gasteiger partial charge in [0.2, 0.25) is 0 Å². The SMILES string of the molecule is CCN1C(=O)c2ccc(OS(=O)(=O)C(F)(F)F)cc2C1=O. The maximum absolute atomic E-state index is 12.2. The molecule has 1 heterocycles. The lowest BCUT2D eigenvalue weighted by molar-refractivity contribution is -0.0500. The second-order valence-corrected chi connectivity index (χ2v) is 5.58. The molecule has 0 aromatic heterocycles. The first-order valence-electron chi connectivity index (χ1n) is 5.59. The Bertz CT molecular complexity index is 726. The Morgan fingerprint density at radius 3 is 2.24 bits per heavy atom. The van der Waals surface area contributed by atoms with Crippen LogP contribution in [0, 0.1) is 0 Å². The number of nitrogens with zero attached hydrogens (tertiary/aromatic N) is 1. The highest BCUT2D eigenvalue weighted by molar-refractivity contribution is 7.88. The van der Waals surface area contributed by atoms with Crippen LogP contribution in [-0.4, -0.2) is 37.2 Å². The van der Waals surface area contributed by atoms with Gasteiger partial charge in [0.25, 0.3) is 11.8 Å². The second-order valence-electron chi connectivity index (χ2n) is 4.05. The molecular weight excluding hydrogens is 315 g/mol. The van der Waals surface area contributed by atoms with Crippen LogP contribution < -0.4 is 4.18 Å². The molecule has 0 spiro atoms. The van der Waals surface area contributed by atoms with Crippen molar-refractivity contribution in [3.05, 3.63) is 29.3 Å². The van der Waals surface area contributed by atoms with Gasteiger partial charge in [0.1, 0.15) is 5.75 Å². The molecule has 0 saturated carbocycles. The smallest absolute Gasteiger partial charge is 0.376 e. The van der Waals surface area contributed by atoms with Crippen molar-refractivity contribution >= 4 is 21.9 Å². The molecule has 0 saturated heterocycles. The maximum Gasteiger partial charge on any atom is 0.534 e. The molecule has 1 aromatic rings. The summed E-state index contributed by atoms with van der Waals surface area (Å²) in [5.41, 5.74) is -5.79. The van der Waals surface area contributed by atoms with E-state index in [0.717, 1.165) is 23.1 Å². The molecule has 0 unspecified atom stereocenters. The molecule has 10 heteroatoms. The number of fused-ring (bicyclic) bond motifs is 1. The molecule has 2 rings (SSSR count). The van der Waals surface area contributed by atoms with Crippen molar-refractivity contribution in [2.45, 2.75) is 12.4 Å². The van der Waals surface area contributed by atoms with E-state index in [9.17, 15) is 31.2 Å². The highest BCUT2D eigenvalue weighted by Gasteiger charge is 2.48. The summed E-state index contributed by atoms with van der Waals surface area (Å²) in [5.74, 6) is -2.00. The number of hydrogen-bond donors (Lipinski definition) is 0. The van der Waals surface area contributed by atoms with Crippen LogP contribution in [-0.2, 0) is 10.1 Å². The lowest BCUT2D eigenvalue weighted by Gasteiger charge is -2.09. The van der Waals surface area contributed by atoms with E-state index in [0.29, 0.717) is 0 Å². The minimum atomic E-state index is -5.83. The molecule has 114 valence electrons. The predicted molar refractivity (Wildman–Crippen MR) is 63.1 cm³/mol. The first-order chi connectivity index (χ1) is 9.58. The molecule has 0 aliphatic carbocycles. The number of carbonyl (C=O) groups is 2. The molecule has 2 amide bonds. The number of hydrogen-bond acceptors (Lipinski definition) is 5. The Kier molecular flexibility index (Phi) is 3.44. The number of benzene rings is 1. The Hall–Kier alpha value is -2.10. The average Bonchev–Trinajstić information content (AvgIpc) is 2.59. The summed E-state index contributed by atoms with van der Waals surface area (Å²) in [6, 6.07) is 2.73. The van der Waals surface area contributed by atoms with Crippen LogP contribution in [0.3, 0.4) is 0 Å². The minimum Gasteiger partial charge on any atom is -0.376 e. The van der Waals surface area contributed by atoms with Crippen molar-refractivity contribution < 1.29 is 35.4 Å². The van der Waals surface area contributed by atoms with Gasteiger partial charge in [-0.25, -0.2) is 0 Å². The van der Waals surface area contributed by atoms with E-state index in [-0.39, 0.29) is 17.7 Å². The zero-order valence-electron chi connectivity index (χ0n) is 10.5. The van der Waals surface area contributed by atoms with E-state index in [1.807, 2.05) is 0 Å². The van der Waals surface area contributed by atoms with Crippen LogP contribution in [0.5, 0.6) is 5.75 Å². The van der Waals surface area contributed by atoms with Crippen molar-refractivity contribution in [3.8, 4) is 5.75 Å². The van der Waals surface area contributed by atoms with Gasteiger partial charge in [0.05, 0.1) is 11.1 Å². The fourth-order valence-corrected chi connectivity index (χ4v) is 2.23. The third kappa shape index (κ3) is 2.46. The standard InChI is InChI=1S/C11H8F3NO5S/c1-2-15-9(16)7-4-3-6(5-8(7)10(15)17)20-21(18,19)11(12,13)14/h3-5H,2H2,1H3. The zero-order valence-corrected chi connectivity index (χ0v) is 11.3. The molecule has 0 bridgehead atoms. The first-order valence-corrected chi connectivity index (χ1v) is 7.00. The Balaban J connectivity index is 2.40. The summed E-state index contributed by atoms with van der Waals surface area (Å²) in [6.07, 6.45) is 0. The molecule has 0 atom stereocenters. The molecule has 1 aliphatic heterocycles. The van der Waals surface area contributed by atoms with Crippen LogP contribution >= 0.6 is 0 Å². The van der Waals surface area contributed by atoms with Crippen LogP contribution in [0.25, 0.3) is 0 Å². The fraction of sp³-hybridized carbons (Fsp3) is 0.273. The Morgan fingerprint density at radius 1 is 1.14 bits per heavy atom. The van der Waals surface area contributed by atoms with Gasteiger partial charge in [0.15, 0.2) is 0 Å². The minimum absolute atomic E-state index is 0.0152. The molecule has 21 heavy (non-hydrogen) atoms. The van der Waals surface area contributed by atoms with Crippen molar-refractivity contribution in [1.82, 2.24) is 4.90 Å². The van der Waals surface area contributed by atoms with Gasteiger partial charge in [-0.15, -0.1) is 0 Å². The molecule has 1 aromatic carbocycles. The highest BCUT2D eigenvalue weighted by atomic mass is 32.2. The summed E-state index contributed by atoms with van der Waals surface area (Å²) >= 11 is 0. The Morgan fingerprint density at radius 2 is 1.71 bits per heavy atom. The normalized spacial score (nSPS) is 15.3. The number of carbonyl (C=O) groups excluding carboxylic acids is 2. The largest absolute Gasteiger partial charge is 0.534 e. The van der Waals surface area contributed by atoms with E-state index < -0.39 is 33.2 Å². The van der Waals surface area contributed by atoms with Gasteiger partial charge in [-0.3, -0.25) is 14.5 Å². The number of rotatable bonds is 3. The van der Waals surface area contributed by atoms with Crippen LogP contribution in [0.1, 0.15) is 27.6 Å². The van der Waals surface area contributed by atoms with E-state index in [2.05, 4.69) is 4.18 Å². The third-order valence-corrected chi connectivity index (χ3v) is 3.73. The van der Waals surface area contributed by atoms with Gasteiger partial charge < -0.3 is 4.18 Å². The molecule has 1 aliphatic rings. The molecular formula is C11H8F3NO5S. The van der Waals surface area contributed by atoms with Crippen molar-refractivity contribution in [3.63, 3.8) is 0 Å². The second kappa shape index (κ2) is 4.72. The number of halogens is 3. The molecule has 0 radical (unpaired) electrons. The fourth-order valence-electron chi connectivity index (χ4n) is 1.78. The first kappa shape index (κ1) is 15.3. The van der Waals surface area contributed by atoms with E-state index >= 15 is 0 Å². The summed E-state index contributed by atoms with van der Waals surface area (Å²) in [6.45, 7) is 1.64. The van der Waals surface area contributed by atoms with Crippen LogP contribution in [0.2, 0.25) is 0 Å². The number of imide groups is 1. The summed E-state index contributed by atoms with van der Waals surface area (Å²) in [5, 5.41) is 0. The van der Waals surface area contributed by atoms with Crippen LogP contribution in [0.4, 0.5) is 13.2 Å². The predicted octanol–water partition coefficient (Wildman–Crippen LogP) is 1.53. The summed E-state index contributed by atoms with van der Waals surface area (Å²) < 4.78 is 62.3. The van der Waals surface area contributed by atoms with Crippen molar-refractivity contribution in [2.75, 3.05) is 6.54 Å². The number of amides is 2. The van der Waals surface area contributed by atoms with Gasteiger partial charge >= 0.3 is 15.6 Å². The lowest BCUT2D eigenvalue weighted by atomic mass is 10.1. The molecule has 0 N–H and O–H groups in total. The third-order valence-electron chi connectivity index (χ3n) is 2.75. The maximum atomic E-state index is 12.2. The number of alkyl halides is 3. The average molecular weight is 323 g/mol. The van der Waals surface area contributed by atoms with Crippen molar-refractivity contribution in [2.24, 2.45) is 0 Å². The quantitative estimate of drug-likeness (QED) is 0.479. The van der Waals surface area contributed by atoms with Crippen molar-refractivity contribution in [1.29, 1.82) is 0 Å².